The number of nitrogens with zero attached hydrogens (tertiary/aromatic N) is 5. The van der Waals surface area contributed by atoms with Gasteiger partial charge in [0.05, 0.1) is 17.5 Å². The average molecular weight is 413 g/mol. The Hall–Kier alpha value is -2.97. The number of hydrogen-bond donors (Lipinski definition) is 1. The number of piperazine rings is 1. The largest absolute Gasteiger partial charge is 0.336 e. The summed E-state index contributed by atoms with van der Waals surface area (Å²) in [6.45, 7) is 5.60. The first-order valence-corrected chi connectivity index (χ1v) is 9.76. The van der Waals surface area contributed by atoms with E-state index in [2.05, 4.69) is 20.2 Å². The van der Waals surface area contributed by atoms with E-state index in [0.29, 0.717) is 30.2 Å². The van der Waals surface area contributed by atoms with E-state index in [0.717, 1.165) is 24.7 Å². The normalized spacial score (nSPS) is 14.9. The van der Waals surface area contributed by atoms with Crippen molar-refractivity contribution in [2.75, 3.05) is 26.2 Å². The molecule has 3 aromatic rings. The lowest BCUT2D eigenvalue weighted by Gasteiger charge is -2.34. The summed E-state index contributed by atoms with van der Waals surface area (Å²) in [6, 6.07) is 10.8. The van der Waals surface area contributed by atoms with E-state index in [4.69, 9.17) is 11.6 Å². The molecule has 0 atom stereocenters. The van der Waals surface area contributed by atoms with Gasteiger partial charge in [-0.3, -0.25) is 14.5 Å². The second-order valence-corrected chi connectivity index (χ2v) is 7.47. The molecule has 29 heavy (non-hydrogen) atoms. The van der Waals surface area contributed by atoms with E-state index in [-0.39, 0.29) is 11.5 Å². The fraction of sp³-hybridized carbons (Fsp3) is 0.300. The minimum absolute atomic E-state index is 0.0377. The van der Waals surface area contributed by atoms with Gasteiger partial charge in [0.2, 0.25) is 0 Å². The standard InChI is InChI=1S/C20H21ClN6O2/c1-14-17(12-22-27(14)18-6-7-19(28)24-23-18)20(29)26-10-8-25(9-11-26)13-15-2-4-16(21)5-3-15/h2-7,12H,8-11,13H2,1H3,(H,24,28). The number of amides is 1. The highest BCUT2D eigenvalue weighted by Gasteiger charge is 2.25. The zero-order valence-corrected chi connectivity index (χ0v) is 16.8. The van der Waals surface area contributed by atoms with Crippen molar-refractivity contribution in [1.82, 2.24) is 29.8 Å². The molecular weight excluding hydrogens is 392 g/mol. The summed E-state index contributed by atoms with van der Waals surface area (Å²) in [4.78, 5) is 28.4. The SMILES string of the molecule is Cc1c(C(=O)N2CCN(Cc3ccc(Cl)cc3)CC2)cnn1-c1ccc(=O)[nH]n1. The lowest BCUT2D eigenvalue weighted by Crippen LogP contribution is -2.48. The predicted octanol–water partition coefficient (Wildman–Crippen LogP) is 1.88. The molecule has 8 nitrogen and oxygen atoms in total. The Morgan fingerprint density at radius 2 is 1.83 bits per heavy atom. The van der Waals surface area contributed by atoms with Crippen molar-refractivity contribution in [1.29, 1.82) is 0 Å². The number of aromatic nitrogens is 4. The maximum atomic E-state index is 13.0. The molecule has 0 saturated carbocycles. The Morgan fingerprint density at radius 1 is 1.10 bits per heavy atom. The summed E-state index contributed by atoms with van der Waals surface area (Å²) >= 11 is 5.94. The van der Waals surface area contributed by atoms with E-state index < -0.39 is 0 Å². The number of H-pyrrole nitrogens is 1. The van der Waals surface area contributed by atoms with Crippen LogP contribution in [0.5, 0.6) is 0 Å². The zero-order chi connectivity index (χ0) is 20.4. The summed E-state index contributed by atoms with van der Waals surface area (Å²) in [5.41, 5.74) is 2.16. The van der Waals surface area contributed by atoms with Crippen molar-refractivity contribution in [3.8, 4) is 5.82 Å². The second kappa shape index (κ2) is 8.18. The number of aromatic amines is 1. The van der Waals surface area contributed by atoms with Gasteiger partial charge in [0, 0.05) is 43.8 Å². The molecule has 0 spiro atoms. The van der Waals surface area contributed by atoms with E-state index in [1.54, 1.807) is 16.9 Å². The molecule has 150 valence electrons. The van der Waals surface area contributed by atoms with Crippen LogP contribution in [0.3, 0.4) is 0 Å². The van der Waals surface area contributed by atoms with Gasteiger partial charge < -0.3 is 4.90 Å². The number of carbonyl (C=O) groups is 1. The van der Waals surface area contributed by atoms with E-state index >= 15 is 0 Å². The molecule has 1 aliphatic heterocycles. The van der Waals surface area contributed by atoms with Crippen molar-refractivity contribution < 1.29 is 4.79 Å². The third kappa shape index (κ3) is 4.23. The minimum Gasteiger partial charge on any atom is -0.336 e. The molecule has 4 rings (SSSR count). The summed E-state index contributed by atoms with van der Waals surface area (Å²) in [5.74, 6) is 0.429. The third-order valence-electron chi connectivity index (χ3n) is 5.10. The van der Waals surface area contributed by atoms with Gasteiger partial charge in [-0.15, -0.1) is 0 Å². The van der Waals surface area contributed by atoms with Crippen LogP contribution < -0.4 is 5.56 Å². The summed E-state index contributed by atoms with van der Waals surface area (Å²) in [5, 5.41) is 11.4. The average Bonchev–Trinajstić information content (AvgIpc) is 3.12. The van der Waals surface area contributed by atoms with Crippen LogP contribution in [0.4, 0.5) is 0 Å². The third-order valence-corrected chi connectivity index (χ3v) is 5.35. The topological polar surface area (TPSA) is 87.1 Å². The molecule has 0 aliphatic carbocycles. The molecule has 1 fully saturated rings. The van der Waals surface area contributed by atoms with Crippen LogP contribution in [-0.4, -0.2) is 61.9 Å². The summed E-state index contributed by atoms with van der Waals surface area (Å²) in [7, 11) is 0. The van der Waals surface area contributed by atoms with Crippen LogP contribution in [0.25, 0.3) is 5.82 Å². The lowest BCUT2D eigenvalue weighted by molar-refractivity contribution is 0.0627. The Balaban J connectivity index is 1.40. The van der Waals surface area contributed by atoms with Crippen LogP contribution in [0, 0.1) is 6.92 Å². The van der Waals surface area contributed by atoms with Crippen LogP contribution in [0.1, 0.15) is 21.6 Å². The first-order valence-electron chi connectivity index (χ1n) is 9.38. The van der Waals surface area contributed by atoms with Gasteiger partial charge >= 0.3 is 0 Å². The van der Waals surface area contributed by atoms with Crippen LogP contribution >= 0.6 is 11.6 Å². The fourth-order valence-corrected chi connectivity index (χ4v) is 3.56. The number of nitrogens with one attached hydrogen (secondary N) is 1. The van der Waals surface area contributed by atoms with Gasteiger partial charge in [0.25, 0.3) is 11.5 Å². The van der Waals surface area contributed by atoms with Crippen molar-refractivity contribution in [3.63, 3.8) is 0 Å². The molecule has 9 heteroatoms. The van der Waals surface area contributed by atoms with E-state index in [1.165, 1.54) is 11.6 Å². The van der Waals surface area contributed by atoms with Crippen molar-refractivity contribution >= 4 is 17.5 Å². The Bertz CT molecular complexity index is 1050. The van der Waals surface area contributed by atoms with E-state index in [9.17, 15) is 9.59 Å². The maximum absolute atomic E-state index is 13.0. The van der Waals surface area contributed by atoms with Crippen molar-refractivity contribution in [3.05, 3.63) is 74.8 Å². The van der Waals surface area contributed by atoms with Gasteiger partial charge in [-0.2, -0.15) is 10.2 Å². The molecule has 0 bridgehead atoms. The molecule has 1 aromatic carbocycles. The van der Waals surface area contributed by atoms with Crippen LogP contribution in [0.15, 0.2) is 47.4 Å². The second-order valence-electron chi connectivity index (χ2n) is 7.03. The van der Waals surface area contributed by atoms with Gasteiger partial charge in [-0.25, -0.2) is 9.78 Å². The molecule has 1 N–H and O–H groups in total. The zero-order valence-electron chi connectivity index (χ0n) is 16.0. The predicted molar refractivity (Wildman–Crippen MR) is 109 cm³/mol. The highest BCUT2D eigenvalue weighted by atomic mass is 35.5. The Labute approximate surface area is 172 Å². The van der Waals surface area contributed by atoms with Gasteiger partial charge in [-0.1, -0.05) is 23.7 Å². The van der Waals surface area contributed by atoms with Gasteiger partial charge in [0.15, 0.2) is 5.82 Å². The molecule has 1 saturated heterocycles. The van der Waals surface area contributed by atoms with Crippen LogP contribution in [0.2, 0.25) is 5.02 Å². The summed E-state index contributed by atoms with van der Waals surface area (Å²) in [6.07, 6.45) is 1.56. The maximum Gasteiger partial charge on any atom is 0.264 e. The quantitative estimate of drug-likeness (QED) is 0.707. The number of benzene rings is 1. The number of halogens is 1. The summed E-state index contributed by atoms with van der Waals surface area (Å²) < 4.78 is 1.56. The molecule has 1 aliphatic rings. The first-order chi connectivity index (χ1) is 14.0. The highest BCUT2D eigenvalue weighted by molar-refractivity contribution is 6.30. The fourth-order valence-electron chi connectivity index (χ4n) is 3.43. The number of carbonyl (C=O) groups excluding carboxylic acids is 1. The Kier molecular flexibility index (Phi) is 5.46. The first kappa shape index (κ1) is 19.4. The molecule has 2 aromatic heterocycles. The molecule has 0 unspecified atom stereocenters. The number of rotatable bonds is 4. The number of hydrogen-bond acceptors (Lipinski definition) is 5. The van der Waals surface area contributed by atoms with Gasteiger partial charge in [0.1, 0.15) is 0 Å². The molecule has 0 radical (unpaired) electrons. The highest BCUT2D eigenvalue weighted by Crippen LogP contribution is 2.17. The molecule has 3 heterocycles. The van der Waals surface area contributed by atoms with Crippen LogP contribution in [-0.2, 0) is 6.54 Å². The van der Waals surface area contributed by atoms with Gasteiger partial charge in [-0.05, 0) is 30.7 Å². The Morgan fingerprint density at radius 3 is 2.48 bits per heavy atom. The minimum atomic E-state index is -0.286. The van der Waals surface area contributed by atoms with Crippen molar-refractivity contribution in [2.45, 2.75) is 13.5 Å². The molecular formula is C20H21ClN6O2. The monoisotopic (exact) mass is 412 g/mol. The van der Waals surface area contributed by atoms with E-state index in [1.807, 2.05) is 36.1 Å². The molecule has 1 amide bonds. The van der Waals surface area contributed by atoms with Crippen molar-refractivity contribution in [2.24, 2.45) is 0 Å². The smallest absolute Gasteiger partial charge is 0.264 e. The lowest BCUT2D eigenvalue weighted by atomic mass is 10.1.